The van der Waals surface area contributed by atoms with Gasteiger partial charge < -0.3 is 20.7 Å². The van der Waals surface area contributed by atoms with Gasteiger partial charge >= 0.3 is 6.09 Å². The summed E-state index contributed by atoms with van der Waals surface area (Å²) in [6.07, 6.45) is 2.65. The van der Waals surface area contributed by atoms with Gasteiger partial charge in [-0.2, -0.15) is 0 Å². The molecule has 7 heteroatoms. The number of amides is 3. The number of carbonyl (C=O) groups is 3. The van der Waals surface area contributed by atoms with E-state index < -0.39 is 11.7 Å². The van der Waals surface area contributed by atoms with Crippen molar-refractivity contribution in [3.8, 4) is 0 Å². The third kappa shape index (κ3) is 9.16. The lowest BCUT2D eigenvalue weighted by atomic mass is 10.1. The average Bonchev–Trinajstić information content (AvgIpc) is 2.67. The molecule has 0 aliphatic carbocycles. The summed E-state index contributed by atoms with van der Waals surface area (Å²) in [5, 5.41) is 8.05. The quantitative estimate of drug-likeness (QED) is 0.571. The van der Waals surface area contributed by atoms with Gasteiger partial charge in [-0.1, -0.05) is 42.0 Å². The highest BCUT2D eigenvalue weighted by atomic mass is 16.6. The fourth-order valence-corrected chi connectivity index (χ4v) is 2.53. The molecule has 0 heterocycles. The molecule has 0 bridgehead atoms. The van der Waals surface area contributed by atoms with Gasteiger partial charge in [0.05, 0.1) is 11.4 Å². The van der Waals surface area contributed by atoms with Crippen LogP contribution in [0.15, 0.2) is 54.6 Å². The number of hydrogen-bond donors (Lipinski definition) is 3. The van der Waals surface area contributed by atoms with Crippen molar-refractivity contribution in [1.82, 2.24) is 5.32 Å². The van der Waals surface area contributed by atoms with Crippen LogP contribution < -0.4 is 16.0 Å². The van der Waals surface area contributed by atoms with Gasteiger partial charge in [-0.15, -0.1) is 0 Å². The Labute approximate surface area is 182 Å². The molecule has 0 aliphatic heterocycles. The van der Waals surface area contributed by atoms with Crippen molar-refractivity contribution in [3.05, 3.63) is 65.7 Å². The number of nitrogens with one attached hydrogen (secondary N) is 3. The minimum atomic E-state index is -0.600. The number of benzene rings is 2. The second kappa shape index (κ2) is 11.0. The summed E-state index contributed by atoms with van der Waals surface area (Å²) in [5.41, 5.74) is 2.42. The molecule has 7 nitrogen and oxygen atoms in total. The number of carbonyl (C=O) groups excluding carboxylic acids is 3. The van der Waals surface area contributed by atoms with Gasteiger partial charge in [-0.3, -0.25) is 9.59 Å². The molecule has 0 fully saturated rings. The Morgan fingerprint density at radius 2 is 1.55 bits per heavy atom. The van der Waals surface area contributed by atoms with Crippen LogP contribution in [0.5, 0.6) is 0 Å². The summed E-state index contributed by atoms with van der Waals surface area (Å²) in [7, 11) is 0. The number of aryl methyl sites for hydroxylation is 1. The highest BCUT2D eigenvalue weighted by molar-refractivity contribution is 6.05. The van der Waals surface area contributed by atoms with Gasteiger partial charge in [0.25, 0.3) is 0 Å². The molecule has 2 rings (SSSR count). The summed E-state index contributed by atoms with van der Waals surface area (Å²) in [6, 6.07) is 14.7. The molecule has 0 aliphatic rings. The largest absolute Gasteiger partial charge is 0.444 e. The van der Waals surface area contributed by atoms with Crippen LogP contribution in [0.4, 0.5) is 16.2 Å². The number of para-hydroxylation sites is 2. The third-order valence-electron chi connectivity index (χ3n) is 3.98. The summed E-state index contributed by atoms with van der Waals surface area (Å²) < 4.78 is 5.13. The molecular weight excluding hydrogens is 394 g/mol. The molecule has 3 amide bonds. The zero-order valence-corrected chi connectivity index (χ0v) is 18.3. The van der Waals surface area contributed by atoms with Crippen LogP contribution in [0.3, 0.4) is 0 Å². The number of rotatable bonds is 7. The first-order valence-corrected chi connectivity index (χ1v) is 10.0. The molecular formula is C24H29N3O4. The normalized spacial score (nSPS) is 11.1. The topological polar surface area (TPSA) is 96.5 Å². The van der Waals surface area contributed by atoms with E-state index in [1.54, 1.807) is 51.1 Å². The maximum Gasteiger partial charge on any atom is 0.407 e. The lowest BCUT2D eigenvalue weighted by Crippen LogP contribution is -2.34. The van der Waals surface area contributed by atoms with E-state index in [4.69, 9.17) is 4.74 Å². The predicted molar refractivity (Wildman–Crippen MR) is 123 cm³/mol. The Bertz CT molecular complexity index is 944. The number of hydrogen-bond acceptors (Lipinski definition) is 4. The van der Waals surface area contributed by atoms with Crippen LogP contribution in [0.1, 0.15) is 38.3 Å². The molecule has 0 radical (unpaired) electrons. The molecule has 0 atom stereocenters. The first-order valence-electron chi connectivity index (χ1n) is 10.0. The highest BCUT2D eigenvalue weighted by Crippen LogP contribution is 2.21. The Morgan fingerprint density at radius 1 is 0.935 bits per heavy atom. The standard InChI is InChI=1S/C24H29N3O4/c1-17-9-11-18(12-10-17)13-14-21(28)26-19-7-5-6-8-20(19)27-22(29)15-16-25-23(30)31-24(2,3)4/h5-14H,15-16H2,1-4H3,(H,25,30)(H,26,28)(H,27,29)/b14-13+. The van der Waals surface area contributed by atoms with E-state index >= 15 is 0 Å². The van der Waals surface area contributed by atoms with Crippen molar-refractivity contribution in [2.75, 3.05) is 17.2 Å². The van der Waals surface area contributed by atoms with Crippen molar-refractivity contribution >= 4 is 35.4 Å². The van der Waals surface area contributed by atoms with Crippen molar-refractivity contribution in [1.29, 1.82) is 0 Å². The number of anilines is 2. The first-order chi connectivity index (χ1) is 14.6. The summed E-state index contributed by atoms with van der Waals surface area (Å²) in [5.74, 6) is -0.609. The van der Waals surface area contributed by atoms with E-state index in [2.05, 4.69) is 16.0 Å². The van der Waals surface area contributed by atoms with E-state index in [0.717, 1.165) is 11.1 Å². The van der Waals surface area contributed by atoms with Gasteiger partial charge in [0.15, 0.2) is 0 Å². The van der Waals surface area contributed by atoms with Crippen LogP contribution in [-0.2, 0) is 14.3 Å². The Morgan fingerprint density at radius 3 is 2.16 bits per heavy atom. The minimum Gasteiger partial charge on any atom is -0.444 e. The number of ether oxygens (including phenoxy) is 1. The van der Waals surface area contributed by atoms with Crippen molar-refractivity contribution in [2.45, 2.75) is 39.7 Å². The van der Waals surface area contributed by atoms with Crippen molar-refractivity contribution < 1.29 is 19.1 Å². The van der Waals surface area contributed by atoms with Crippen LogP contribution in [-0.4, -0.2) is 30.1 Å². The average molecular weight is 424 g/mol. The summed E-state index contributed by atoms with van der Waals surface area (Å²) >= 11 is 0. The summed E-state index contributed by atoms with van der Waals surface area (Å²) in [4.78, 5) is 36.1. The second-order valence-electron chi connectivity index (χ2n) is 8.01. The van der Waals surface area contributed by atoms with Crippen molar-refractivity contribution in [3.63, 3.8) is 0 Å². The van der Waals surface area contributed by atoms with Crippen LogP contribution in [0.2, 0.25) is 0 Å². The van der Waals surface area contributed by atoms with Crippen LogP contribution in [0.25, 0.3) is 6.08 Å². The fraction of sp³-hybridized carbons (Fsp3) is 0.292. The molecule has 0 saturated heterocycles. The van der Waals surface area contributed by atoms with E-state index in [0.29, 0.717) is 11.4 Å². The smallest absolute Gasteiger partial charge is 0.407 e. The lowest BCUT2D eigenvalue weighted by Gasteiger charge is -2.19. The van der Waals surface area contributed by atoms with Crippen molar-refractivity contribution in [2.24, 2.45) is 0 Å². The second-order valence-corrected chi connectivity index (χ2v) is 8.01. The molecule has 164 valence electrons. The van der Waals surface area contributed by atoms with Gasteiger partial charge in [0.2, 0.25) is 11.8 Å². The Balaban J connectivity index is 1.88. The molecule has 0 spiro atoms. The molecule has 0 unspecified atom stereocenters. The van der Waals surface area contributed by atoms with Crippen LogP contribution in [0, 0.1) is 6.92 Å². The zero-order valence-electron chi connectivity index (χ0n) is 18.3. The van der Waals surface area contributed by atoms with E-state index in [1.165, 1.54) is 6.08 Å². The Hall–Kier alpha value is -3.61. The molecule has 3 N–H and O–H groups in total. The van der Waals surface area contributed by atoms with Gasteiger partial charge in [0, 0.05) is 19.0 Å². The maximum absolute atomic E-state index is 12.3. The van der Waals surface area contributed by atoms with Crippen LogP contribution >= 0.6 is 0 Å². The zero-order chi connectivity index (χ0) is 22.9. The lowest BCUT2D eigenvalue weighted by molar-refractivity contribution is -0.116. The van der Waals surface area contributed by atoms with Gasteiger partial charge in [-0.25, -0.2) is 4.79 Å². The van der Waals surface area contributed by atoms with E-state index in [-0.39, 0.29) is 24.8 Å². The highest BCUT2D eigenvalue weighted by Gasteiger charge is 2.16. The third-order valence-corrected chi connectivity index (χ3v) is 3.98. The monoisotopic (exact) mass is 423 g/mol. The van der Waals surface area contributed by atoms with Gasteiger partial charge in [-0.05, 0) is 51.5 Å². The maximum atomic E-state index is 12.3. The molecule has 2 aromatic rings. The first kappa shape index (κ1) is 23.7. The minimum absolute atomic E-state index is 0.0643. The number of alkyl carbamates (subject to hydrolysis) is 1. The van der Waals surface area contributed by atoms with E-state index in [9.17, 15) is 14.4 Å². The molecule has 0 aromatic heterocycles. The van der Waals surface area contributed by atoms with E-state index in [1.807, 2.05) is 31.2 Å². The Kier molecular flexibility index (Phi) is 8.37. The molecule has 2 aromatic carbocycles. The summed E-state index contributed by atoms with van der Waals surface area (Å²) in [6.45, 7) is 7.43. The fourth-order valence-electron chi connectivity index (χ4n) is 2.53. The SMILES string of the molecule is Cc1ccc(/C=C/C(=O)Nc2ccccc2NC(=O)CCNC(=O)OC(C)(C)C)cc1. The molecule has 31 heavy (non-hydrogen) atoms. The van der Waals surface area contributed by atoms with Gasteiger partial charge in [0.1, 0.15) is 5.60 Å². The molecule has 0 saturated carbocycles. The predicted octanol–water partition coefficient (Wildman–Crippen LogP) is 4.50.